The van der Waals surface area contributed by atoms with E-state index in [9.17, 15) is 4.79 Å². The quantitative estimate of drug-likeness (QED) is 0.684. The summed E-state index contributed by atoms with van der Waals surface area (Å²) in [5, 5.41) is 0. The van der Waals surface area contributed by atoms with Crippen molar-refractivity contribution in [2.75, 3.05) is 7.11 Å². The monoisotopic (exact) mass is 191 g/mol. The molecule has 0 heterocycles. The van der Waals surface area contributed by atoms with Gasteiger partial charge >= 0.3 is 5.97 Å². The fraction of sp³-hybridized carbons (Fsp3) is 0.250. The van der Waals surface area contributed by atoms with Crippen LogP contribution in [-0.2, 0) is 9.53 Å². The molecule has 0 fully saturated rings. The molecule has 0 atom stereocenters. The molecular weight excluding hydrogens is 176 g/mol. The third-order valence-electron chi connectivity index (χ3n) is 1.77. The zero-order valence-corrected chi connectivity index (χ0v) is 8.19. The van der Waals surface area contributed by atoms with Crippen LogP contribution in [-0.4, -0.2) is 13.1 Å². The summed E-state index contributed by atoms with van der Waals surface area (Å²) in [7, 11) is 1.35. The summed E-state index contributed by atoms with van der Waals surface area (Å²) in [6.45, 7) is 0. The second-order valence-corrected chi connectivity index (χ2v) is 2.84. The zero-order chi connectivity index (χ0) is 11.1. The predicted molar refractivity (Wildman–Crippen MR) is 56.7 cm³/mol. The zero-order valence-electron chi connectivity index (χ0n) is 9.19. The molecule has 74 valence electrons. The first kappa shape index (κ1) is 9.00. The highest BCUT2D eigenvalue weighted by Crippen LogP contribution is 2.03. The highest BCUT2D eigenvalue weighted by molar-refractivity contribution is 5.69. The Morgan fingerprint density at radius 1 is 1.50 bits per heavy atom. The van der Waals surface area contributed by atoms with E-state index in [1.165, 1.54) is 7.11 Å². The summed E-state index contributed by atoms with van der Waals surface area (Å²) in [4.78, 5) is 10.8. The van der Waals surface area contributed by atoms with Crippen molar-refractivity contribution in [3.8, 4) is 0 Å². The van der Waals surface area contributed by atoms with Gasteiger partial charge in [-0.2, -0.15) is 0 Å². The number of allylic oxidation sites excluding steroid dienone is 1. The summed E-state index contributed by atoms with van der Waals surface area (Å²) < 4.78 is 12.1. The van der Waals surface area contributed by atoms with Gasteiger partial charge in [-0.25, -0.2) is 0 Å². The highest BCUT2D eigenvalue weighted by Gasteiger charge is 1.95. The molecule has 2 heteroatoms. The van der Waals surface area contributed by atoms with Gasteiger partial charge in [0.05, 0.1) is 8.48 Å². The number of hydrogen-bond donors (Lipinski definition) is 0. The molecule has 0 radical (unpaired) electrons. The number of methoxy groups -OCH3 is 1. The number of benzene rings is 1. The van der Waals surface area contributed by atoms with Crippen molar-refractivity contribution in [3.63, 3.8) is 0 Å². The molecule has 0 saturated carbocycles. The number of carbonyl (C=O) groups excluding carboxylic acids is 1. The Morgan fingerprint density at radius 3 is 2.86 bits per heavy atom. The molecule has 1 aromatic carbocycles. The van der Waals surface area contributed by atoms with Crippen LogP contribution in [0.5, 0.6) is 0 Å². The number of hydrogen-bond acceptors (Lipinski definition) is 2. The number of carbonyl (C=O) groups is 1. The lowest BCUT2D eigenvalue weighted by atomic mass is 10.2. The van der Waals surface area contributed by atoms with E-state index in [-0.39, 0.29) is 12.4 Å². The summed E-state index contributed by atoms with van der Waals surface area (Å²) >= 11 is 0. The van der Waals surface area contributed by atoms with Gasteiger partial charge in [-0.3, -0.25) is 4.79 Å². The van der Waals surface area contributed by atoms with Crippen LogP contribution in [0.4, 0.5) is 0 Å². The van der Waals surface area contributed by atoms with Gasteiger partial charge < -0.3 is 4.74 Å². The van der Waals surface area contributed by atoms with E-state index in [4.69, 9.17) is 1.37 Å². The minimum absolute atomic E-state index is 0.263. The summed E-state index contributed by atoms with van der Waals surface area (Å²) in [6, 6.07) is 10.0. The first-order valence-corrected chi connectivity index (χ1v) is 4.51. The molecule has 0 aliphatic rings. The van der Waals surface area contributed by atoms with Crippen LogP contribution >= 0.6 is 0 Å². The van der Waals surface area contributed by atoms with Crippen LogP contribution in [0.15, 0.2) is 36.4 Å². The SMILES string of the molecule is [2H]/C(=C\c1ccccc1)CCC(=O)OC. The highest BCUT2D eigenvalue weighted by atomic mass is 16.5. The maximum Gasteiger partial charge on any atom is 0.305 e. The van der Waals surface area contributed by atoms with Crippen LogP contribution in [0, 0.1) is 0 Å². The van der Waals surface area contributed by atoms with Crippen LogP contribution < -0.4 is 0 Å². The molecule has 0 aliphatic carbocycles. The van der Waals surface area contributed by atoms with E-state index in [1.807, 2.05) is 30.3 Å². The van der Waals surface area contributed by atoms with E-state index < -0.39 is 0 Å². The Morgan fingerprint density at radius 2 is 2.21 bits per heavy atom. The van der Waals surface area contributed by atoms with Gasteiger partial charge in [0.1, 0.15) is 0 Å². The van der Waals surface area contributed by atoms with Gasteiger partial charge in [0, 0.05) is 6.42 Å². The van der Waals surface area contributed by atoms with Gasteiger partial charge in [0.15, 0.2) is 0 Å². The van der Waals surface area contributed by atoms with Gasteiger partial charge in [-0.15, -0.1) is 0 Å². The summed E-state index contributed by atoms with van der Waals surface area (Å²) in [5.74, 6) is -0.277. The van der Waals surface area contributed by atoms with Crippen molar-refractivity contribution < 1.29 is 10.9 Å². The molecule has 1 aromatic rings. The van der Waals surface area contributed by atoms with Crippen molar-refractivity contribution in [3.05, 3.63) is 41.9 Å². The maximum absolute atomic E-state index is 10.8. The molecule has 0 saturated heterocycles. The van der Waals surface area contributed by atoms with Gasteiger partial charge in [0.2, 0.25) is 0 Å². The van der Waals surface area contributed by atoms with E-state index in [2.05, 4.69) is 4.74 Å². The molecular formula is C12H14O2. The third kappa shape index (κ3) is 3.90. The first-order valence-electron chi connectivity index (χ1n) is 5.01. The fourth-order valence-electron chi connectivity index (χ4n) is 1.02. The van der Waals surface area contributed by atoms with Crippen LogP contribution in [0.1, 0.15) is 19.8 Å². The predicted octanol–water partition coefficient (Wildman–Crippen LogP) is 2.65. The Balaban J connectivity index is 2.50. The van der Waals surface area contributed by atoms with Crippen molar-refractivity contribution in [2.45, 2.75) is 12.8 Å². The van der Waals surface area contributed by atoms with Crippen molar-refractivity contribution in [1.29, 1.82) is 0 Å². The Labute approximate surface area is 85.6 Å². The Hall–Kier alpha value is -1.57. The largest absolute Gasteiger partial charge is 0.469 e. The normalized spacial score (nSPS) is 12.1. The number of ether oxygens (including phenoxy) is 1. The molecule has 14 heavy (non-hydrogen) atoms. The van der Waals surface area contributed by atoms with E-state index in [0.717, 1.165) is 5.56 Å². The van der Waals surface area contributed by atoms with Crippen molar-refractivity contribution >= 4 is 12.0 Å². The average molecular weight is 191 g/mol. The molecule has 2 nitrogen and oxygen atoms in total. The lowest BCUT2D eigenvalue weighted by Crippen LogP contribution is -1.97. The van der Waals surface area contributed by atoms with Gasteiger partial charge in [-0.05, 0) is 12.0 Å². The van der Waals surface area contributed by atoms with Crippen molar-refractivity contribution in [1.82, 2.24) is 0 Å². The molecule has 0 spiro atoms. The topological polar surface area (TPSA) is 26.3 Å². The fourth-order valence-corrected chi connectivity index (χ4v) is 1.02. The van der Waals surface area contributed by atoms with E-state index in [1.54, 1.807) is 6.08 Å². The summed E-state index contributed by atoms with van der Waals surface area (Å²) in [6.07, 6.45) is 2.43. The average Bonchev–Trinajstić information content (AvgIpc) is 2.27. The second kappa shape index (κ2) is 5.97. The van der Waals surface area contributed by atoms with Gasteiger partial charge in [-0.1, -0.05) is 42.5 Å². The number of rotatable bonds is 4. The van der Waals surface area contributed by atoms with E-state index >= 15 is 0 Å². The first-order chi connectivity index (χ1) is 7.22. The molecule has 0 N–H and O–H groups in total. The smallest absolute Gasteiger partial charge is 0.305 e. The second-order valence-electron chi connectivity index (χ2n) is 2.84. The lowest BCUT2D eigenvalue weighted by molar-refractivity contribution is -0.140. The molecule has 0 unspecified atom stereocenters. The molecule has 0 aromatic heterocycles. The minimum atomic E-state index is -0.277. The van der Waals surface area contributed by atoms with Gasteiger partial charge in [0.25, 0.3) is 0 Å². The molecule has 0 aliphatic heterocycles. The number of esters is 1. The van der Waals surface area contributed by atoms with E-state index in [0.29, 0.717) is 12.5 Å². The molecule has 1 rings (SSSR count). The lowest BCUT2D eigenvalue weighted by Gasteiger charge is -1.94. The molecule has 0 bridgehead atoms. The maximum atomic E-state index is 10.8. The van der Waals surface area contributed by atoms with Crippen LogP contribution in [0.25, 0.3) is 6.08 Å². The third-order valence-corrected chi connectivity index (χ3v) is 1.77. The summed E-state index contributed by atoms with van der Waals surface area (Å²) in [5.41, 5.74) is 0.979. The molecule has 0 amide bonds. The van der Waals surface area contributed by atoms with Crippen LogP contribution in [0.3, 0.4) is 0 Å². The standard InChI is InChI=1S/C12H14O2/c1-14-12(13)10-6-5-9-11-7-3-2-4-8-11/h2-5,7-9H,6,10H2,1H3/b9-5+/i5D. The van der Waals surface area contributed by atoms with Crippen molar-refractivity contribution in [2.24, 2.45) is 0 Å². The Kier molecular flexibility index (Phi) is 3.84. The van der Waals surface area contributed by atoms with Crippen LogP contribution in [0.2, 0.25) is 0 Å². The Bertz CT molecular complexity index is 344. The minimum Gasteiger partial charge on any atom is -0.469 e.